The maximum atomic E-state index is 13.2. The summed E-state index contributed by atoms with van der Waals surface area (Å²) >= 11 is 1.33. The highest BCUT2D eigenvalue weighted by Gasteiger charge is 2.24. The van der Waals surface area contributed by atoms with Gasteiger partial charge in [-0.05, 0) is 48.7 Å². The quantitative estimate of drug-likeness (QED) is 0.265. The lowest BCUT2D eigenvalue weighted by molar-refractivity contribution is -0.115. The number of nitrogens with zero attached hydrogens (tertiary/aromatic N) is 2. The number of benzene rings is 3. The zero-order valence-electron chi connectivity index (χ0n) is 20.5. The van der Waals surface area contributed by atoms with Gasteiger partial charge in [0.1, 0.15) is 16.8 Å². The first-order valence-electron chi connectivity index (χ1n) is 11.7. The van der Waals surface area contributed by atoms with Crippen molar-refractivity contribution in [3.8, 4) is 34.2 Å². The Bertz CT molecular complexity index is 1400. The Kier molecular flexibility index (Phi) is 8.04. The molecule has 1 N–H and O–H groups in total. The normalized spacial score (nSPS) is 11.4. The smallest absolute Gasteiger partial charge is 0.237 e. The molecule has 0 aliphatic rings. The summed E-state index contributed by atoms with van der Waals surface area (Å²) in [4.78, 5) is 18.1. The zero-order chi connectivity index (χ0) is 25.5. The van der Waals surface area contributed by atoms with Gasteiger partial charge in [-0.15, -0.1) is 0 Å². The minimum atomic E-state index is -0.418. The summed E-state index contributed by atoms with van der Waals surface area (Å²) in [5, 5.41) is 13.4. The molecule has 5 nitrogen and oxygen atoms in total. The number of ether oxygens (including phenoxy) is 1. The van der Waals surface area contributed by atoms with Gasteiger partial charge in [0.05, 0.1) is 23.6 Å². The van der Waals surface area contributed by atoms with Crippen molar-refractivity contribution in [2.24, 2.45) is 0 Å². The monoisotopic (exact) mass is 493 g/mol. The number of carbonyl (C=O) groups excluding carboxylic acids is 1. The largest absolute Gasteiger partial charge is 0.497 e. The number of pyridine rings is 1. The number of aromatic nitrogens is 1. The van der Waals surface area contributed by atoms with E-state index in [2.05, 4.69) is 11.4 Å². The van der Waals surface area contributed by atoms with Crippen LogP contribution in [0.4, 0.5) is 5.69 Å². The van der Waals surface area contributed by atoms with E-state index in [0.29, 0.717) is 17.0 Å². The van der Waals surface area contributed by atoms with E-state index in [-0.39, 0.29) is 5.91 Å². The Balaban J connectivity index is 1.76. The van der Waals surface area contributed by atoms with Gasteiger partial charge in [0, 0.05) is 16.8 Å². The Hall–Kier alpha value is -4.08. The molecular formula is C30H27N3O2S. The van der Waals surface area contributed by atoms with Crippen LogP contribution in [-0.4, -0.2) is 23.3 Å². The van der Waals surface area contributed by atoms with Crippen molar-refractivity contribution in [2.75, 3.05) is 12.4 Å². The molecule has 0 saturated carbocycles. The third-order valence-corrected chi connectivity index (χ3v) is 7.24. The summed E-state index contributed by atoms with van der Waals surface area (Å²) in [5.41, 5.74) is 5.57. The fraction of sp³-hybridized carbons (Fsp3) is 0.167. The van der Waals surface area contributed by atoms with Gasteiger partial charge in [0.25, 0.3) is 0 Å². The van der Waals surface area contributed by atoms with Gasteiger partial charge in [0.2, 0.25) is 5.91 Å². The zero-order valence-corrected chi connectivity index (χ0v) is 21.3. The summed E-state index contributed by atoms with van der Waals surface area (Å²) in [6, 6.07) is 29.4. The summed E-state index contributed by atoms with van der Waals surface area (Å²) in [6.45, 7) is 3.93. The standard InChI is InChI=1S/C30H27N3O2S/c1-4-28(29(34)32-26-13-9-8-10-20(26)2)36-30-25(19-31)24(21-14-16-23(35-3)17-15-21)18-27(33-30)22-11-6-5-7-12-22/h5-18,28H,4H2,1-3H3,(H,32,34). The van der Waals surface area contributed by atoms with Crippen molar-refractivity contribution in [3.05, 3.63) is 96.1 Å². The third-order valence-electron chi connectivity index (χ3n) is 5.89. The number of nitriles is 1. The minimum absolute atomic E-state index is 0.112. The number of hydrogen-bond acceptors (Lipinski definition) is 5. The summed E-state index contributed by atoms with van der Waals surface area (Å²) < 4.78 is 5.30. The molecule has 1 atom stereocenters. The average molecular weight is 494 g/mol. The first kappa shape index (κ1) is 25.0. The Morgan fingerprint density at radius 2 is 1.72 bits per heavy atom. The summed E-state index contributed by atoms with van der Waals surface area (Å²) in [5.74, 6) is 0.627. The van der Waals surface area contributed by atoms with Crippen molar-refractivity contribution in [1.82, 2.24) is 4.98 Å². The van der Waals surface area contributed by atoms with Crippen molar-refractivity contribution in [2.45, 2.75) is 30.5 Å². The molecule has 0 aliphatic heterocycles. The topological polar surface area (TPSA) is 75.0 Å². The molecule has 1 unspecified atom stereocenters. The molecule has 0 bridgehead atoms. The molecular weight excluding hydrogens is 466 g/mol. The number of hydrogen-bond donors (Lipinski definition) is 1. The van der Waals surface area contributed by atoms with E-state index < -0.39 is 5.25 Å². The van der Waals surface area contributed by atoms with Crippen LogP contribution in [0.2, 0.25) is 0 Å². The number of aryl methyl sites for hydroxylation is 1. The highest BCUT2D eigenvalue weighted by Crippen LogP contribution is 2.37. The molecule has 3 aromatic carbocycles. The lowest BCUT2D eigenvalue weighted by Gasteiger charge is -2.18. The first-order valence-corrected chi connectivity index (χ1v) is 12.6. The lowest BCUT2D eigenvalue weighted by atomic mass is 9.99. The second-order valence-electron chi connectivity index (χ2n) is 8.26. The number of thioether (sulfide) groups is 1. The molecule has 0 aliphatic carbocycles. The van der Waals surface area contributed by atoms with E-state index in [4.69, 9.17) is 9.72 Å². The van der Waals surface area contributed by atoms with Crippen LogP contribution in [0.3, 0.4) is 0 Å². The highest BCUT2D eigenvalue weighted by molar-refractivity contribution is 8.00. The molecule has 36 heavy (non-hydrogen) atoms. The van der Waals surface area contributed by atoms with Gasteiger partial charge >= 0.3 is 0 Å². The Labute approximate surface area is 216 Å². The number of nitrogens with one attached hydrogen (secondary N) is 1. The Morgan fingerprint density at radius 3 is 2.36 bits per heavy atom. The molecule has 180 valence electrons. The number of anilines is 1. The van der Waals surface area contributed by atoms with Crippen LogP contribution >= 0.6 is 11.8 Å². The number of para-hydroxylation sites is 1. The minimum Gasteiger partial charge on any atom is -0.497 e. The van der Waals surface area contributed by atoms with Gasteiger partial charge in [-0.2, -0.15) is 5.26 Å². The molecule has 4 aromatic rings. The maximum absolute atomic E-state index is 13.2. The van der Waals surface area contributed by atoms with Gasteiger partial charge in [-0.3, -0.25) is 4.79 Å². The molecule has 0 radical (unpaired) electrons. The predicted octanol–water partition coefficient (Wildman–Crippen LogP) is 7.11. The molecule has 1 aromatic heterocycles. The lowest BCUT2D eigenvalue weighted by Crippen LogP contribution is -2.25. The van der Waals surface area contributed by atoms with Crippen molar-refractivity contribution >= 4 is 23.4 Å². The molecule has 6 heteroatoms. The summed E-state index contributed by atoms with van der Waals surface area (Å²) in [6.07, 6.45) is 0.586. The molecule has 4 rings (SSSR count). The van der Waals surface area contributed by atoms with Gasteiger partial charge < -0.3 is 10.1 Å². The maximum Gasteiger partial charge on any atom is 0.237 e. The van der Waals surface area contributed by atoms with Gasteiger partial charge in [-0.1, -0.05) is 79.3 Å². The third kappa shape index (κ3) is 5.59. The van der Waals surface area contributed by atoms with Gasteiger partial charge in [-0.25, -0.2) is 4.98 Å². The molecule has 0 spiro atoms. The van der Waals surface area contributed by atoms with E-state index in [1.165, 1.54) is 11.8 Å². The van der Waals surface area contributed by atoms with Crippen LogP contribution in [0.25, 0.3) is 22.4 Å². The number of carbonyl (C=O) groups is 1. The number of methoxy groups -OCH3 is 1. The second kappa shape index (κ2) is 11.6. The molecule has 1 amide bonds. The van der Waals surface area contributed by atoms with E-state index in [0.717, 1.165) is 39.4 Å². The van der Waals surface area contributed by atoms with Crippen LogP contribution in [0.5, 0.6) is 5.75 Å². The van der Waals surface area contributed by atoms with E-state index in [1.54, 1.807) is 7.11 Å². The molecule has 0 saturated heterocycles. The second-order valence-corrected chi connectivity index (χ2v) is 9.45. The van der Waals surface area contributed by atoms with Crippen LogP contribution in [0, 0.1) is 18.3 Å². The van der Waals surface area contributed by atoms with Crippen LogP contribution in [0.15, 0.2) is 90.0 Å². The van der Waals surface area contributed by atoms with E-state index in [1.807, 2.05) is 98.8 Å². The Morgan fingerprint density at radius 1 is 1.03 bits per heavy atom. The van der Waals surface area contributed by atoms with E-state index in [9.17, 15) is 10.1 Å². The van der Waals surface area contributed by atoms with Crippen molar-refractivity contribution in [3.63, 3.8) is 0 Å². The summed E-state index contributed by atoms with van der Waals surface area (Å²) in [7, 11) is 1.62. The van der Waals surface area contributed by atoms with Crippen molar-refractivity contribution in [1.29, 1.82) is 5.26 Å². The number of rotatable bonds is 8. The van der Waals surface area contributed by atoms with Crippen LogP contribution < -0.4 is 10.1 Å². The van der Waals surface area contributed by atoms with Crippen LogP contribution in [0.1, 0.15) is 24.5 Å². The van der Waals surface area contributed by atoms with E-state index >= 15 is 0 Å². The highest BCUT2D eigenvalue weighted by atomic mass is 32.2. The van der Waals surface area contributed by atoms with Gasteiger partial charge in [0.15, 0.2) is 0 Å². The van der Waals surface area contributed by atoms with Crippen LogP contribution in [-0.2, 0) is 4.79 Å². The predicted molar refractivity (Wildman–Crippen MR) is 146 cm³/mol. The first-order chi connectivity index (χ1) is 17.5. The average Bonchev–Trinajstić information content (AvgIpc) is 2.93. The fourth-order valence-electron chi connectivity index (χ4n) is 3.85. The van der Waals surface area contributed by atoms with Crippen molar-refractivity contribution < 1.29 is 9.53 Å². The molecule has 1 heterocycles. The SMILES string of the molecule is CCC(Sc1nc(-c2ccccc2)cc(-c2ccc(OC)cc2)c1C#N)C(=O)Nc1ccccc1C. The number of amides is 1. The molecule has 0 fully saturated rings. The fourth-order valence-corrected chi connectivity index (χ4v) is 4.88.